The van der Waals surface area contributed by atoms with Gasteiger partial charge >= 0.3 is 0 Å². The number of nitriles is 1. The van der Waals surface area contributed by atoms with Crippen molar-refractivity contribution >= 4 is 23.4 Å². The Morgan fingerprint density at radius 3 is 2.74 bits per heavy atom. The second-order valence-electron chi connectivity index (χ2n) is 4.32. The van der Waals surface area contributed by atoms with Crippen molar-refractivity contribution in [3.63, 3.8) is 0 Å². The maximum Gasteiger partial charge on any atom is 0.244 e. The Labute approximate surface area is 118 Å². The summed E-state index contributed by atoms with van der Waals surface area (Å²) in [4.78, 5) is 14.3. The second kappa shape index (κ2) is 7.05. The topological polar surface area (TPSA) is 56.1 Å². The predicted molar refractivity (Wildman–Crippen MR) is 79.3 cm³/mol. The van der Waals surface area contributed by atoms with Crippen molar-refractivity contribution in [2.24, 2.45) is 0 Å². The van der Waals surface area contributed by atoms with Crippen molar-refractivity contribution in [2.75, 3.05) is 25.2 Å². The lowest BCUT2D eigenvalue weighted by Gasteiger charge is -2.20. The average Bonchev–Trinajstić information content (AvgIpc) is 2.38. The predicted octanol–water partition coefficient (Wildman–Crippen LogP) is 2.56. The molecule has 0 spiro atoms. The molecule has 4 nitrogen and oxygen atoms in total. The number of amides is 1. The first-order valence-corrected chi connectivity index (χ1v) is 7.13. The van der Waals surface area contributed by atoms with Crippen LogP contribution < -0.4 is 5.32 Å². The molecular formula is C14H19N3OS. The summed E-state index contributed by atoms with van der Waals surface area (Å²) in [5, 5.41) is 12.4. The molecule has 0 aliphatic carbocycles. The summed E-state index contributed by atoms with van der Waals surface area (Å²) in [6.45, 7) is 3.84. The lowest BCUT2D eigenvalue weighted by atomic mass is 10.1. The van der Waals surface area contributed by atoms with Gasteiger partial charge in [0.05, 0.1) is 11.3 Å². The molecule has 1 amide bonds. The molecule has 1 rings (SSSR count). The van der Waals surface area contributed by atoms with E-state index in [1.54, 1.807) is 32.8 Å². The minimum absolute atomic E-state index is 0.0163. The van der Waals surface area contributed by atoms with Gasteiger partial charge in [0.15, 0.2) is 0 Å². The maximum absolute atomic E-state index is 11.8. The van der Waals surface area contributed by atoms with Crippen LogP contribution in [0, 0.1) is 11.3 Å². The molecule has 1 N–H and O–H groups in total. The Morgan fingerprint density at radius 2 is 2.21 bits per heavy atom. The minimum atomic E-state index is -0.357. The fraction of sp³-hybridized carbons (Fsp3) is 0.429. The number of benzene rings is 1. The van der Waals surface area contributed by atoms with Gasteiger partial charge in [0.2, 0.25) is 5.91 Å². The van der Waals surface area contributed by atoms with Gasteiger partial charge < -0.3 is 10.2 Å². The molecule has 19 heavy (non-hydrogen) atoms. The maximum atomic E-state index is 11.8. The highest BCUT2D eigenvalue weighted by Crippen LogP contribution is 2.28. The number of likely N-dealkylation sites (N-methyl/N-ethyl adjacent to an activating group) is 1. The van der Waals surface area contributed by atoms with Crippen LogP contribution in [0.25, 0.3) is 0 Å². The van der Waals surface area contributed by atoms with Crippen LogP contribution in [0.5, 0.6) is 0 Å². The van der Waals surface area contributed by atoms with E-state index in [1.807, 2.05) is 25.1 Å². The van der Waals surface area contributed by atoms with Crippen LogP contribution in [0.3, 0.4) is 0 Å². The average molecular weight is 277 g/mol. The summed E-state index contributed by atoms with van der Waals surface area (Å²) in [5.41, 5.74) is 1.32. The van der Waals surface area contributed by atoms with E-state index in [0.29, 0.717) is 11.3 Å². The number of carbonyl (C=O) groups excluding carboxylic acids is 1. The molecule has 5 heteroatoms. The van der Waals surface area contributed by atoms with E-state index in [0.717, 1.165) is 10.6 Å². The van der Waals surface area contributed by atoms with Gasteiger partial charge in [-0.2, -0.15) is 5.26 Å². The number of rotatable bonds is 5. The Balaban J connectivity index is 2.99. The lowest BCUT2D eigenvalue weighted by molar-refractivity contribution is -0.129. The number of nitrogens with zero attached hydrogens (tertiary/aromatic N) is 2. The molecule has 0 saturated carbocycles. The molecule has 1 unspecified atom stereocenters. The number of anilines is 1. The summed E-state index contributed by atoms with van der Waals surface area (Å²) < 4.78 is 0. The zero-order chi connectivity index (χ0) is 14.4. The number of carbonyl (C=O) groups is 1. The van der Waals surface area contributed by atoms with Crippen molar-refractivity contribution in [3.8, 4) is 6.07 Å². The van der Waals surface area contributed by atoms with Crippen LogP contribution in [0.4, 0.5) is 5.69 Å². The largest absolute Gasteiger partial charge is 0.373 e. The molecule has 0 heterocycles. The van der Waals surface area contributed by atoms with Crippen molar-refractivity contribution < 1.29 is 4.79 Å². The van der Waals surface area contributed by atoms with Crippen molar-refractivity contribution in [1.82, 2.24) is 4.90 Å². The zero-order valence-corrected chi connectivity index (χ0v) is 12.5. The van der Waals surface area contributed by atoms with Crippen molar-refractivity contribution in [2.45, 2.75) is 24.8 Å². The van der Waals surface area contributed by atoms with Gasteiger partial charge in [0, 0.05) is 19.0 Å². The third kappa shape index (κ3) is 3.90. The molecule has 0 radical (unpaired) electrons. The monoisotopic (exact) mass is 277 g/mol. The van der Waals surface area contributed by atoms with E-state index in [4.69, 9.17) is 0 Å². The van der Waals surface area contributed by atoms with Crippen molar-refractivity contribution in [1.29, 1.82) is 5.26 Å². The lowest BCUT2D eigenvalue weighted by Crippen LogP contribution is -2.36. The van der Waals surface area contributed by atoms with Gasteiger partial charge in [-0.1, -0.05) is 13.0 Å². The molecule has 0 fully saturated rings. The molecule has 102 valence electrons. The fourth-order valence-electron chi connectivity index (χ4n) is 1.72. The van der Waals surface area contributed by atoms with Gasteiger partial charge in [-0.25, -0.2) is 0 Å². The van der Waals surface area contributed by atoms with Gasteiger partial charge in [0.25, 0.3) is 0 Å². The van der Waals surface area contributed by atoms with Crippen LogP contribution in [-0.2, 0) is 4.79 Å². The molecule has 0 bridgehead atoms. The first-order chi connectivity index (χ1) is 9.01. The van der Waals surface area contributed by atoms with Crippen LogP contribution in [-0.4, -0.2) is 36.7 Å². The summed E-state index contributed by atoms with van der Waals surface area (Å²) in [7, 11) is 3.43. The number of hydrogen-bond donors (Lipinski definition) is 1. The van der Waals surface area contributed by atoms with E-state index in [9.17, 15) is 10.1 Å². The number of hydrogen-bond acceptors (Lipinski definition) is 4. The molecule has 0 aliphatic rings. The van der Waals surface area contributed by atoms with Gasteiger partial charge in [0.1, 0.15) is 12.1 Å². The van der Waals surface area contributed by atoms with E-state index in [-0.39, 0.29) is 11.9 Å². The second-order valence-corrected chi connectivity index (χ2v) is 5.63. The summed E-state index contributed by atoms with van der Waals surface area (Å²) >= 11 is 1.62. The van der Waals surface area contributed by atoms with Crippen LogP contribution in [0.2, 0.25) is 0 Å². The molecular weight excluding hydrogens is 258 g/mol. The normalized spacial score (nSPS) is 11.5. The fourth-order valence-corrected chi connectivity index (χ4v) is 2.51. The summed E-state index contributed by atoms with van der Waals surface area (Å²) in [5.74, 6) is 0.891. The van der Waals surface area contributed by atoms with E-state index >= 15 is 0 Å². The quantitative estimate of drug-likeness (QED) is 0.840. The van der Waals surface area contributed by atoms with Crippen LogP contribution in [0.1, 0.15) is 19.4 Å². The number of nitrogens with one attached hydrogen (secondary N) is 1. The Hall–Kier alpha value is -1.67. The minimum Gasteiger partial charge on any atom is -0.373 e. The third-order valence-electron chi connectivity index (χ3n) is 2.62. The summed E-state index contributed by atoms with van der Waals surface area (Å²) in [6, 6.07) is 7.51. The number of thioether (sulfide) groups is 1. The van der Waals surface area contributed by atoms with Crippen molar-refractivity contribution in [3.05, 3.63) is 23.8 Å². The van der Waals surface area contributed by atoms with Gasteiger partial charge in [-0.3, -0.25) is 4.79 Å². The highest BCUT2D eigenvalue weighted by Gasteiger charge is 2.17. The van der Waals surface area contributed by atoms with E-state index < -0.39 is 0 Å². The van der Waals surface area contributed by atoms with Crippen LogP contribution in [0.15, 0.2) is 23.1 Å². The molecule has 1 aromatic carbocycles. The third-order valence-corrected chi connectivity index (χ3v) is 3.56. The molecule has 0 aromatic heterocycles. The summed E-state index contributed by atoms with van der Waals surface area (Å²) in [6.07, 6.45) is 0. The first-order valence-electron chi connectivity index (χ1n) is 6.14. The first kappa shape index (κ1) is 15.4. The molecule has 1 atom stereocenters. The molecule has 1 aromatic rings. The van der Waals surface area contributed by atoms with E-state index in [1.165, 1.54) is 4.90 Å². The highest BCUT2D eigenvalue weighted by atomic mass is 32.2. The highest BCUT2D eigenvalue weighted by molar-refractivity contribution is 7.99. The van der Waals surface area contributed by atoms with Gasteiger partial charge in [-0.05, 0) is 24.8 Å². The SMILES string of the molecule is CCSc1cccc(NC(C)C(=O)N(C)C)c1C#N. The Kier molecular flexibility index (Phi) is 5.71. The Bertz CT molecular complexity index is 494. The smallest absolute Gasteiger partial charge is 0.244 e. The van der Waals surface area contributed by atoms with Crippen LogP contribution >= 0.6 is 11.8 Å². The molecule has 0 saturated heterocycles. The zero-order valence-electron chi connectivity index (χ0n) is 11.7. The van der Waals surface area contributed by atoms with E-state index in [2.05, 4.69) is 11.4 Å². The standard InChI is InChI=1S/C14H19N3OS/c1-5-19-13-8-6-7-12(11(13)9-15)16-10(2)14(18)17(3)4/h6-8,10,16H,5H2,1-4H3. The Morgan fingerprint density at radius 1 is 1.53 bits per heavy atom. The van der Waals surface area contributed by atoms with Gasteiger partial charge in [-0.15, -0.1) is 11.8 Å². The molecule has 0 aliphatic heterocycles.